The smallest absolute Gasteiger partial charge is 0.329 e. The molecule has 0 saturated heterocycles. The summed E-state index contributed by atoms with van der Waals surface area (Å²) < 4.78 is 97.9. The van der Waals surface area contributed by atoms with Crippen molar-refractivity contribution in [3.63, 3.8) is 0 Å². The van der Waals surface area contributed by atoms with Crippen LogP contribution in [0.4, 0.5) is 22.0 Å². The second-order valence-corrected chi connectivity index (χ2v) is 11.1. The maximum absolute atomic E-state index is 15.2. The Morgan fingerprint density at radius 1 is 1.21 bits per heavy atom. The molecule has 5 rings (SSSR count). The van der Waals surface area contributed by atoms with Crippen molar-refractivity contribution in [1.29, 1.82) is 0 Å². The lowest BCUT2D eigenvalue weighted by Crippen LogP contribution is -2.28. The van der Waals surface area contributed by atoms with Crippen molar-refractivity contribution in [2.24, 2.45) is 0 Å². The maximum Gasteiger partial charge on any atom is 0.434 e. The number of sulfonamides is 1. The number of nitrogens with one attached hydrogen (secondary N) is 1. The average Bonchev–Trinajstić information content (AvgIpc) is 3.53. The van der Waals surface area contributed by atoms with Gasteiger partial charge >= 0.3 is 6.18 Å². The van der Waals surface area contributed by atoms with E-state index >= 15 is 4.39 Å². The highest BCUT2D eigenvalue weighted by atomic mass is 35.5. The molecule has 6 nitrogen and oxygen atoms in total. The Bertz CT molecular complexity index is 1380. The third-order valence-electron chi connectivity index (χ3n) is 6.10. The first-order valence-electron chi connectivity index (χ1n) is 10.5. The number of hydrogen-bond acceptors (Lipinski definition) is 4. The number of aromatic nitrogens is 3. The van der Waals surface area contributed by atoms with Crippen LogP contribution < -0.4 is 4.72 Å². The molecule has 182 valence electrons. The lowest BCUT2D eigenvalue weighted by Gasteiger charge is -2.31. The van der Waals surface area contributed by atoms with Crippen LogP contribution in [0.25, 0.3) is 22.3 Å². The molecule has 2 fully saturated rings. The van der Waals surface area contributed by atoms with Crippen LogP contribution in [0.1, 0.15) is 43.0 Å². The summed E-state index contributed by atoms with van der Waals surface area (Å²) in [5.41, 5.74) is -2.05. The summed E-state index contributed by atoms with van der Waals surface area (Å²) in [4.78, 5) is 7.52. The van der Waals surface area contributed by atoms with Crippen molar-refractivity contribution >= 4 is 32.7 Å². The highest BCUT2D eigenvalue weighted by molar-refractivity contribution is 7.90. The van der Waals surface area contributed by atoms with Crippen molar-refractivity contribution in [2.75, 3.05) is 0 Å². The van der Waals surface area contributed by atoms with E-state index in [0.29, 0.717) is 18.4 Å². The molecule has 2 aliphatic carbocycles. The summed E-state index contributed by atoms with van der Waals surface area (Å²) >= 11 is 5.84. The van der Waals surface area contributed by atoms with Crippen molar-refractivity contribution in [3.8, 4) is 11.3 Å². The largest absolute Gasteiger partial charge is 0.434 e. The molecule has 0 atom stereocenters. The number of alkyl halides is 4. The number of rotatable bonds is 6. The Labute approximate surface area is 196 Å². The van der Waals surface area contributed by atoms with Gasteiger partial charge in [-0.15, -0.1) is 0 Å². The molecule has 3 aromatic rings. The summed E-state index contributed by atoms with van der Waals surface area (Å²) in [5, 5.41) is -0.364. The molecule has 2 aliphatic rings. The van der Waals surface area contributed by atoms with E-state index in [9.17, 15) is 26.0 Å². The van der Waals surface area contributed by atoms with E-state index in [1.54, 1.807) is 10.8 Å². The van der Waals surface area contributed by atoms with E-state index in [-0.39, 0.29) is 41.5 Å². The first-order valence-corrected chi connectivity index (χ1v) is 12.4. The van der Waals surface area contributed by atoms with Gasteiger partial charge in [-0.3, -0.25) is 0 Å². The molecule has 2 saturated carbocycles. The molecule has 3 aromatic heterocycles. The van der Waals surface area contributed by atoms with Crippen LogP contribution in [0, 0.1) is 5.82 Å². The minimum Gasteiger partial charge on any atom is -0.329 e. The zero-order valence-electron chi connectivity index (χ0n) is 17.4. The molecule has 0 radical (unpaired) electrons. The lowest BCUT2D eigenvalue weighted by atomic mass is 9.90. The van der Waals surface area contributed by atoms with Gasteiger partial charge < -0.3 is 4.57 Å². The molecule has 0 aliphatic heterocycles. The van der Waals surface area contributed by atoms with Gasteiger partial charge in [-0.05, 0) is 43.4 Å². The molecule has 3 heterocycles. The van der Waals surface area contributed by atoms with Gasteiger partial charge in [0.2, 0.25) is 10.0 Å². The first-order chi connectivity index (χ1) is 15.9. The van der Waals surface area contributed by atoms with Gasteiger partial charge in [0.1, 0.15) is 23.3 Å². The van der Waals surface area contributed by atoms with Crippen LogP contribution in [0.2, 0.25) is 5.02 Å². The highest BCUT2D eigenvalue weighted by Crippen LogP contribution is 2.41. The molecule has 1 N–H and O–H groups in total. The topological polar surface area (TPSA) is 76.9 Å². The molecular formula is C21H18ClF5N4O2S. The Hall–Kier alpha value is -2.31. The minimum absolute atomic E-state index is 0.127. The standard InChI is InChI=1S/C21H18ClF5N4O2S/c22-11-3-16(19(28-8-11)21(25,26)27)18-17(24)6-15-10(7-29-34(32,33)14-1-2-14)9-31(20(15)30-18)13-4-12(23)5-13/h3,6,8-9,12-14,29H,1-2,4-5,7H2. The third kappa shape index (κ3) is 4.27. The summed E-state index contributed by atoms with van der Waals surface area (Å²) in [5.74, 6) is -1.05. The fourth-order valence-electron chi connectivity index (χ4n) is 4.09. The number of nitrogens with zero attached hydrogens (tertiary/aromatic N) is 3. The Balaban J connectivity index is 1.63. The van der Waals surface area contributed by atoms with E-state index in [2.05, 4.69) is 14.7 Å². The summed E-state index contributed by atoms with van der Waals surface area (Å²) in [6, 6.07) is 1.62. The van der Waals surface area contributed by atoms with Gasteiger partial charge in [-0.1, -0.05) is 11.6 Å². The van der Waals surface area contributed by atoms with Crippen molar-refractivity contribution < 1.29 is 30.4 Å². The Kier molecular flexibility index (Phi) is 5.60. The van der Waals surface area contributed by atoms with Gasteiger partial charge in [0.25, 0.3) is 0 Å². The molecule has 13 heteroatoms. The van der Waals surface area contributed by atoms with Gasteiger partial charge in [-0.2, -0.15) is 13.2 Å². The van der Waals surface area contributed by atoms with Crippen molar-refractivity contribution in [1.82, 2.24) is 19.3 Å². The van der Waals surface area contributed by atoms with Crippen molar-refractivity contribution in [2.45, 2.75) is 55.9 Å². The number of hydrogen-bond donors (Lipinski definition) is 1. The summed E-state index contributed by atoms with van der Waals surface area (Å²) in [6.45, 7) is -0.152. The average molecular weight is 521 g/mol. The molecule has 0 unspecified atom stereocenters. The molecule has 0 spiro atoms. The van der Waals surface area contributed by atoms with Gasteiger partial charge in [0, 0.05) is 35.9 Å². The quantitative estimate of drug-likeness (QED) is 0.455. The van der Waals surface area contributed by atoms with Crippen LogP contribution in [0.5, 0.6) is 0 Å². The van der Waals surface area contributed by atoms with Crippen LogP contribution in [-0.2, 0) is 22.7 Å². The lowest BCUT2D eigenvalue weighted by molar-refractivity contribution is -0.140. The third-order valence-corrected chi connectivity index (χ3v) is 8.20. The number of fused-ring (bicyclic) bond motifs is 1. The molecule has 0 aromatic carbocycles. The van der Waals surface area contributed by atoms with E-state index in [1.165, 1.54) is 0 Å². The van der Waals surface area contributed by atoms with Crippen LogP contribution >= 0.6 is 11.6 Å². The zero-order chi connectivity index (χ0) is 24.4. The Morgan fingerprint density at radius 2 is 1.91 bits per heavy atom. The van der Waals surface area contributed by atoms with Gasteiger partial charge in [0.15, 0.2) is 5.69 Å². The maximum atomic E-state index is 15.2. The second-order valence-electron chi connectivity index (χ2n) is 8.59. The van der Waals surface area contributed by atoms with Crippen LogP contribution in [0.3, 0.4) is 0 Å². The van der Waals surface area contributed by atoms with E-state index in [0.717, 1.165) is 18.3 Å². The fourth-order valence-corrected chi connectivity index (χ4v) is 5.59. The SMILES string of the molecule is O=S(=O)(NCc1cn(C2CC(F)C2)c2nc(-c3cc(Cl)cnc3C(F)(F)F)c(F)cc12)C1CC1. The van der Waals surface area contributed by atoms with E-state index in [4.69, 9.17) is 11.6 Å². The van der Waals surface area contributed by atoms with E-state index in [1.807, 2.05) is 0 Å². The minimum atomic E-state index is -4.88. The molecular weight excluding hydrogens is 503 g/mol. The number of pyridine rings is 2. The summed E-state index contributed by atoms with van der Waals surface area (Å²) in [6.07, 6.45) is -2.10. The normalized spacial score (nSPS) is 21.1. The monoisotopic (exact) mass is 520 g/mol. The van der Waals surface area contributed by atoms with Gasteiger partial charge in [0.05, 0.1) is 10.3 Å². The Morgan fingerprint density at radius 3 is 2.53 bits per heavy atom. The number of halogens is 6. The van der Waals surface area contributed by atoms with Crippen molar-refractivity contribution in [3.05, 3.63) is 46.6 Å². The second kappa shape index (κ2) is 8.13. The summed E-state index contributed by atoms with van der Waals surface area (Å²) in [7, 11) is -3.53. The molecule has 0 bridgehead atoms. The first kappa shape index (κ1) is 23.4. The zero-order valence-corrected chi connectivity index (χ0v) is 19.0. The predicted molar refractivity (Wildman–Crippen MR) is 115 cm³/mol. The fraction of sp³-hybridized carbons (Fsp3) is 0.429. The predicted octanol–water partition coefficient (Wildman–Crippen LogP) is 5.16. The van der Waals surface area contributed by atoms with E-state index < -0.39 is 50.4 Å². The molecule has 0 amide bonds. The highest BCUT2D eigenvalue weighted by Gasteiger charge is 2.38. The van der Waals surface area contributed by atoms with Crippen LogP contribution in [0.15, 0.2) is 24.5 Å². The molecule has 34 heavy (non-hydrogen) atoms. The van der Waals surface area contributed by atoms with Crippen LogP contribution in [-0.4, -0.2) is 34.4 Å². The van der Waals surface area contributed by atoms with Gasteiger partial charge in [-0.25, -0.2) is 31.9 Å².